The molecule has 0 amide bonds. The molecule has 3 rings (SSSR count). The summed E-state index contributed by atoms with van der Waals surface area (Å²) in [6.45, 7) is 11.3. The zero-order valence-corrected chi connectivity index (χ0v) is 12.3. The number of rotatable bonds is 2. The lowest BCUT2D eigenvalue weighted by Gasteiger charge is -2.33. The molecule has 20 heavy (non-hydrogen) atoms. The van der Waals surface area contributed by atoms with Gasteiger partial charge in [-0.3, -0.25) is 0 Å². The highest BCUT2D eigenvalue weighted by atomic mass is 16.8. The Balaban J connectivity index is 1.83. The van der Waals surface area contributed by atoms with E-state index in [0.29, 0.717) is 6.61 Å². The first-order valence-electron chi connectivity index (χ1n) is 6.86. The van der Waals surface area contributed by atoms with Crippen LogP contribution in [0.4, 0.5) is 0 Å². The van der Waals surface area contributed by atoms with E-state index in [2.05, 4.69) is 6.58 Å². The van der Waals surface area contributed by atoms with Gasteiger partial charge in [0, 0.05) is 0 Å². The molecule has 3 aliphatic rings. The Hall–Kier alpha value is -0.500. The van der Waals surface area contributed by atoms with Crippen molar-refractivity contribution in [3.8, 4) is 0 Å². The van der Waals surface area contributed by atoms with E-state index in [0.717, 1.165) is 0 Å². The monoisotopic (exact) mass is 286 g/mol. The van der Waals surface area contributed by atoms with Crippen molar-refractivity contribution in [3.05, 3.63) is 12.7 Å². The maximum absolute atomic E-state index is 10.9. The van der Waals surface area contributed by atoms with Crippen LogP contribution in [-0.2, 0) is 23.7 Å². The lowest BCUT2D eigenvalue weighted by Crippen LogP contribution is -2.52. The van der Waals surface area contributed by atoms with Gasteiger partial charge < -0.3 is 28.8 Å². The lowest BCUT2D eigenvalue weighted by molar-refractivity contribution is -0.241. The minimum Gasteiger partial charge on any atom is -0.380 e. The SMILES string of the molecule is C=C[C@@]1(O)[C@@H]([C@H]2COC(C)(C)O2)O[C@@H]2OC(C)(C)O[C@@H]21. The molecular weight excluding hydrogens is 264 g/mol. The van der Waals surface area contributed by atoms with E-state index in [1.54, 1.807) is 13.8 Å². The van der Waals surface area contributed by atoms with E-state index in [1.807, 2.05) is 13.8 Å². The normalized spacial score (nSPS) is 49.2. The molecule has 6 nitrogen and oxygen atoms in total. The van der Waals surface area contributed by atoms with Gasteiger partial charge in [-0.2, -0.15) is 0 Å². The van der Waals surface area contributed by atoms with Crippen LogP contribution in [0, 0.1) is 0 Å². The van der Waals surface area contributed by atoms with Gasteiger partial charge in [0.2, 0.25) is 0 Å². The first kappa shape index (κ1) is 14.4. The molecule has 0 saturated carbocycles. The molecule has 3 fully saturated rings. The highest BCUT2D eigenvalue weighted by molar-refractivity contribution is 5.16. The Kier molecular flexibility index (Phi) is 3.07. The number of hydrogen-bond acceptors (Lipinski definition) is 6. The maximum atomic E-state index is 10.9. The van der Waals surface area contributed by atoms with E-state index >= 15 is 0 Å². The summed E-state index contributed by atoms with van der Waals surface area (Å²) >= 11 is 0. The van der Waals surface area contributed by atoms with Gasteiger partial charge in [0.25, 0.3) is 0 Å². The third kappa shape index (κ3) is 2.11. The van der Waals surface area contributed by atoms with Crippen molar-refractivity contribution >= 4 is 0 Å². The van der Waals surface area contributed by atoms with Crippen molar-refractivity contribution in [2.45, 2.75) is 69.5 Å². The molecule has 3 saturated heterocycles. The largest absolute Gasteiger partial charge is 0.380 e. The predicted octanol–water partition coefficient (Wildman–Crippen LogP) is 0.931. The molecule has 0 aromatic heterocycles. The number of ether oxygens (including phenoxy) is 5. The summed E-state index contributed by atoms with van der Waals surface area (Å²) in [5.41, 5.74) is -1.37. The van der Waals surface area contributed by atoms with Crippen LogP contribution in [0.5, 0.6) is 0 Å². The highest BCUT2D eigenvalue weighted by Gasteiger charge is 2.64. The van der Waals surface area contributed by atoms with Crippen molar-refractivity contribution in [2.75, 3.05) is 6.61 Å². The fourth-order valence-corrected chi connectivity index (χ4v) is 3.04. The van der Waals surface area contributed by atoms with E-state index in [1.165, 1.54) is 6.08 Å². The third-order valence-electron chi connectivity index (χ3n) is 3.95. The van der Waals surface area contributed by atoms with Crippen LogP contribution < -0.4 is 0 Å². The minimum atomic E-state index is -1.37. The Labute approximate surface area is 118 Å². The second kappa shape index (κ2) is 4.25. The van der Waals surface area contributed by atoms with Crippen molar-refractivity contribution < 1.29 is 28.8 Å². The van der Waals surface area contributed by atoms with E-state index in [-0.39, 0.29) is 0 Å². The zero-order chi connectivity index (χ0) is 14.8. The van der Waals surface area contributed by atoms with E-state index < -0.39 is 41.8 Å². The van der Waals surface area contributed by atoms with Crippen molar-refractivity contribution in [3.63, 3.8) is 0 Å². The molecule has 3 aliphatic heterocycles. The zero-order valence-electron chi connectivity index (χ0n) is 12.3. The molecule has 0 spiro atoms. The maximum Gasteiger partial charge on any atom is 0.191 e. The molecule has 0 aliphatic carbocycles. The Morgan fingerprint density at radius 1 is 1.05 bits per heavy atom. The summed E-state index contributed by atoms with van der Waals surface area (Å²) in [4.78, 5) is 0. The highest BCUT2D eigenvalue weighted by Crippen LogP contribution is 2.46. The molecule has 0 bridgehead atoms. The van der Waals surface area contributed by atoms with Crippen LogP contribution in [0.1, 0.15) is 27.7 Å². The predicted molar refractivity (Wildman–Crippen MR) is 68.7 cm³/mol. The molecular formula is C14H22O6. The fraction of sp³-hybridized carbons (Fsp3) is 0.857. The van der Waals surface area contributed by atoms with Gasteiger partial charge in [-0.05, 0) is 27.7 Å². The van der Waals surface area contributed by atoms with E-state index in [4.69, 9.17) is 23.7 Å². The lowest BCUT2D eigenvalue weighted by atomic mass is 9.89. The van der Waals surface area contributed by atoms with Crippen molar-refractivity contribution in [1.82, 2.24) is 0 Å². The Morgan fingerprint density at radius 2 is 1.75 bits per heavy atom. The summed E-state index contributed by atoms with van der Waals surface area (Å²) in [5.74, 6) is -1.47. The summed E-state index contributed by atoms with van der Waals surface area (Å²) in [6, 6.07) is 0. The smallest absolute Gasteiger partial charge is 0.191 e. The first-order valence-corrected chi connectivity index (χ1v) is 6.86. The Bertz CT molecular complexity index is 420. The third-order valence-corrected chi connectivity index (χ3v) is 3.95. The van der Waals surface area contributed by atoms with Gasteiger partial charge in [0.1, 0.15) is 23.9 Å². The van der Waals surface area contributed by atoms with Gasteiger partial charge in [-0.25, -0.2) is 0 Å². The first-order chi connectivity index (χ1) is 9.17. The second-order valence-electron chi connectivity index (χ2n) is 6.44. The number of fused-ring (bicyclic) bond motifs is 1. The molecule has 1 N–H and O–H groups in total. The quantitative estimate of drug-likeness (QED) is 0.762. The molecule has 0 unspecified atom stereocenters. The van der Waals surface area contributed by atoms with Crippen LogP contribution in [0.15, 0.2) is 12.7 Å². The van der Waals surface area contributed by atoms with E-state index in [9.17, 15) is 5.11 Å². The summed E-state index contributed by atoms with van der Waals surface area (Å²) < 4.78 is 28.6. The van der Waals surface area contributed by atoms with Gasteiger partial charge >= 0.3 is 0 Å². The summed E-state index contributed by atoms with van der Waals surface area (Å²) in [5, 5.41) is 10.9. The average molecular weight is 286 g/mol. The number of hydrogen-bond donors (Lipinski definition) is 1. The van der Waals surface area contributed by atoms with Crippen molar-refractivity contribution in [1.29, 1.82) is 0 Å². The fourth-order valence-electron chi connectivity index (χ4n) is 3.04. The second-order valence-corrected chi connectivity index (χ2v) is 6.44. The van der Waals surface area contributed by atoms with Crippen LogP contribution in [-0.4, -0.2) is 53.5 Å². The van der Waals surface area contributed by atoms with Gasteiger partial charge in [-0.1, -0.05) is 6.08 Å². The van der Waals surface area contributed by atoms with Crippen LogP contribution in [0.25, 0.3) is 0 Å². The van der Waals surface area contributed by atoms with Gasteiger partial charge in [0.15, 0.2) is 17.9 Å². The van der Waals surface area contributed by atoms with Crippen LogP contribution in [0.3, 0.4) is 0 Å². The molecule has 114 valence electrons. The molecule has 0 aromatic carbocycles. The standard InChI is InChI=1S/C14H22O6/c1-6-14(15)9(8-7-16-12(2,3)18-8)17-11-10(14)19-13(4,5)20-11/h6,8-11,15H,1,7H2,2-5H3/t8-,9-,10+,11-,14-/m1/s1. The summed E-state index contributed by atoms with van der Waals surface area (Å²) in [7, 11) is 0. The molecule has 0 aromatic rings. The number of aliphatic hydroxyl groups is 1. The summed E-state index contributed by atoms with van der Waals surface area (Å²) in [6.07, 6.45) is -0.832. The van der Waals surface area contributed by atoms with Gasteiger partial charge in [-0.15, -0.1) is 6.58 Å². The van der Waals surface area contributed by atoms with Crippen LogP contribution in [0.2, 0.25) is 0 Å². The van der Waals surface area contributed by atoms with Crippen LogP contribution >= 0.6 is 0 Å². The molecule has 5 atom stereocenters. The average Bonchev–Trinajstić information content (AvgIpc) is 2.91. The van der Waals surface area contributed by atoms with Gasteiger partial charge in [0.05, 0.1) is 6.61 Å². The topological polar surface area (TPSA) is 66.4 Å². The molecule has 0 radical (unpaired) electrons. The molecule has 3 heterocycles. The minimum absolute atomic E-state index is 0.344. The Morgan fingerprint density at radius 3 is 2.30 bits per heavy atom. The van der Waals surface area contributed by atoms with Crippen molar-refractivity contribution in [2.24, 2.45) is 0 Å². The molecule has 6 heteroatoms.